The minimum atomic E-state index is 0. The van der Waals surface area contributed by atoms with Crippen LogP contribution in [0, 0.1) is 5.41 Å². The molecule has 3 aromatic rings. The molecule has 3 rings (SSSR count). The summed E-state index contributed by atoms with van der Waals surface area (Å²) in [5.74, 6) is 1.62. The highest BCUT2D eigenvalue weighted by Crippen LogP contribution is 2.20. The number of benzene rings is 1. The van der Waals surface area contributed by atoms with Crippen LogP contribution in [0.25, 0.3) is 5.65 Å². The lowest BCUT2D eigenvalue weighted by atomic mass is 9.86. The molecule has 0 atom stereocenters. The van der Waals surface area contributed by atoms with Gasteiger partial charge in [0.25, 0.3) is 0 Å². The van der Waals surface area contributed by atoms with E-state index in [9.17, 15) is 0 Å². The van der Waals surface area contributed by atoms with Gasteiger partial charge in [-0.15, -0.1) is 34.2 Å². The summed E-state index contributed by atoms with van der Waals surface area (Å²) in [6.07, 6.45) is 2.97. The van der Waals surface area contributed by atoms with Crippen LogP contribution in [0.2, 0.25) is 0 Å². The molecule has 0 saturated carbocycles. The third kappa shape index (κ3) is 5.92. The normalized spacial score (nSPS) is 11.9. The quantitative estimate of drug-likeness (QED) is 0.324. The van der Waals surface area contributed by atoms with Crippen molar-refractivity contribution in [1.82, 2.24) is 25.2 Å². The summed E-state index contributed by atoms with van der Waals surface area (Å²) in [4.78, 5) is 4.31. The van der Waals surface area contributed by atoms with Gasteiger partial charge in [0, 0.05) is 19.8 Å². The van der Waals surface area contributed by atoms with Crippen LogP contribution in [0.3, 0.4) is 0 Å². The number of rotatable bonds is 6. The molecule has 0 radical (unpaired) electrons. The van der Waals surface area contributed by atoms with Crippen LogP contribution in [-0.4, -0.2) is 34.2 Å². The summed E-state index contributed by atoms with van der Waals surface area (Å²) in [7, 11) is 1.78. The number of halogens is 1. The Morgan fingerprint density at radius 1 is 1.04 bits per heavy atom. The molecular weight excluding hydrogens is 451 g/mol. The SMILES string of the molecule is CN=C(NCc1nnc2ccccn12)NCC(C)(C)Cc1ccccc1.I. The van der Waals surface area contributed by atoms with Gasteiger partial charge in [-0.1, -0.05) is 50.2 Å². The second-order valence-corrected chi connectivity index (χ2v) is 7.15. The van der Waals surface area contributed by atoms with Crippen molar-refractivity contribution in [1.29, 1.82) is 0 Å². The summed E-state index contributed by atoms with van der Waals surface area (Å²) in [5.41, 5.74) is 2.30. The molecule has 0 saturated heterocycles. The van der Waals surface area contributed by atoms with E-state index < -0.39 is 0 Å². The Hall–Kier alpha value is -2.16. The fourth-order valence-electron chi connectivity index (χ4n) is 2.93. The third-order valence-electron chi connectivity index (χ3n) is 4.28. The molecule has 2 N–H and O–H groups in total. The van der Waals surface area contributed by atoms with Crippen molar-refractivity contribution in [2.45, 2.75) is 26.8 Å². The molecule has 27 heavy (non-hydrogen) atoms. The van der Waals surface area contributed by atoms with Gasteiger partial charge in [0.2, 0.25) is 0 Å². The Bertz CT molecular complexity index is 872. The van der Waals surface area contributed by atoms with Crippen molar-refractivity contribution in [2.24, 2.45) is 10.4 Å². The number of aromatic nitrogens is 3. The summed E-state index contributed by atoms with van der Waals surface area (Å²) in [6.45, 7) is 5.89. The van der Waals surface area contributed by atoms with Gasteiger partial charge in [0.15, 0.2) is 17.4 Å². The fraction of sp³-hybridized carbons (Fsp3) is 0.350. The number of hydrogen-bond acceptors (Lipinski definition) is 3. The van der Waals surface area contributed by atoms with E-state index in [1.54, 1.807) is 7.05 Å². The van der Waals surface area contributed by atoms with Crippen molar-refractivity contribution >= 4 is 35.6 Å². The maximum absolute atomic E-state index is 4.31. The molecule has 7 heteroatoms. The predicted octanol–water partition coefficient (Wildman–Crippen LogP) is 3.28. The average Bonchev–Trinajstić information content (AvgIpc) is 3.05. The highest BCUT2D eigenvalue weighted by atomic mass is 127. The summed E-state index contributed by atoms with van der Waals surface area (Å²) < 4.78 is 1.97. The monoisotopic (exact) mass is 478 g/mol. The van der Waals surface area contributed by atoms with Gasteiger partial charge in [-0.2, -0.15) is 0 Å². The van der Waals surface area contributed by atoms with Gasteiger partial charge >= 0.3 is 0 Å². The number of pyridine rings is 1. The van der Waals surface area contributed by atoms with E-state index >= 15 is 0 Å². The zero-order valence-electron chi connectivity index (χ0n) is 16.0. The predicted molar refractivity (Wildman–Crippen MR) is 121 cm³/mol. The minimum absolute atomic E-state index is 0. The molecule has 1 aromatic carbocycles. The van der Waals surface area contributed by atoms with Crippen LogP contribution >= 0.6 is 24.0 Å². The van der Waals surface area contributed by atoms with Crippen LogP contribution in [0.5, 0.6) is 0 Å². The molecule has 144 valence electrons. The van der Waals surface area contributed by atoms with Crippen molar-refractivity contribution in [2.75, 3.05) is 13.6 Å². The van der Waals surface area contributed by atoms with Gasteiger partial charge in [-0.05, 0) is 29.5 Å². The molecule has 0 aliphatic heterocycles. The first-order valence-electron chi connectivity index (χ1n) is 8.84. The standard InChI is InChI=1S/C20H26N6.HI/c1-20(2,13-16-9-5-4-6-10-16)15-23-19(21-3)22-14-18-25-24-17-11-7-8-12-26(17)18;/h4-12H,13-15H2,1-3H3,(H2,21,22,23);1H. The van der Waals surface area contributed by atoms with Crippen molar-refractivity contribution < 1.29 is 0 Å². The van der Waals surface area contributed by atoms with Crippen molar-refractivity contribution in [3.63, 3.8) is 0 Å². The lowest BCUT2D eigenvalue weighted by molar-refractivity contribution is 0.359. The van der Waals surface area contributed by atoms with Crippen LogP contribution < -0.4 is 10.6 Å². The molecule has 0 unspecified atom stereocenters. The fourth-order valence-corrected chi connectivity index (χ4v) is 2.93. The smallest absolute Gasteiger partial charge is 0.191 e. The van der Waals surface area contributed by atoms with Gasteiger partial charge in [0.1, 0.15) is 0 Å². The molecule has 0 amide bonds. The molecule has 0 aliphatic carbocycles. The Kier molecular flexibility index (Phi) is 7.58. The summed E-state index contributed by atoms with van der Waals surface area (Å²) in [5, 5.41) is 15.1. The minimum Gasteiger partial charge on any atom is -0.356 e. The molecular formula is C20H27IN6. The second-order valence-electron chi connectivity index (χ2n) is 7.15. The van der Waals surface area contributed by atoms with Crippen molar-refractivity contribution in [3.05, 3.63) is 66.1 Å². The van der Waals surface area contributed by atoms with Gasteiger partial charge in [-0.25, -0.2) is 0 Å². The molecule has 0 bridgehead atoms. The Labute approximate surface area is 177 Å². The maximum atomic E-state index is 4.31. The molecule has 2 heterocycles. The number of nitrogens with one attached hydrogen (secondary N) is 2. The Balaban J connectivity index is 0.00000261. The highest BCUT2D eigenvalue weighted by Gasteiger charge is 2.19. The zero-order chi connectivity index (χ0) is 18.4. The van der Waals surface area contributed by atoms with Crippen molar-refractivity contribution in [3.8, 4) is 0 Å². The average molecular weight is 478 g/mol. The van der Waals surface area contributed by atoms with E-state index in [2.05, 4.69) is 70.0 Å². The first-order valence-corrected chi connectivity index (χ1v) is 8.84. The molecule has 6 nitrogen and oxygen atoms in total. The van der Waals surface area contributed by atoms with Crippen LogP contribution in [-0.2, 0) is 13.0 Å². The van der Waals surface area contributed by atoms with Crippen LogP contribution in [0.15, 0.2) is 59.7 Å². The first-order chi connectivity index (χ1) is 12.6. The van der Waals surface area contributed by atoms with E-state index in [0.29, 0.717) is 6.54 Å². The van der Waals surface area contributed by atoms with E-state index in [1.807, 2.05) is 28.8 Å². The zero-order valence-corrected chi connectivity index (χ0v) is 18.3. The summed E-state index contributed by atoms with van der Waals surface area (Å²) >= 11 is 0. The third-order valence-corrected chi connectivity index (χ3v) is 4.28. The van der Waals surface area contributed by atoms with Crippen LogP contribution in [0.4, 0.5) is 0 Å². The number of fused-ring (bicyclic) bond motifs is 1. The number of hydrogen-bond donors (Lipinski definition) is 2. The number of guanidine groups is 1. The van der Waals surface area contributed by atoms with Gasteiger partial charge in [0.05, 0.1) is 6.54 Å². The van der Waals surface area contributed by atoms with Crippen LogP contribution in [0.1, 0.15) is 25.2 Å². The topological polar surface area (TPSA) is 66.6 Å². The largest absolute Gasteiger partial charge is 0.356 e. The molecule has 2 aromatic heterocycles. The lowest BCUT2D eigenvalue weighted by Gasteiger charge is -2.26. The Morgan fingerprint density at radius 2 is 1.78 bits per heavy atom. The van der Waals surface area contributed by atoms with E-state index in [0.717, 1.165) is 30.4 Å². The Morgan fingerprint density at radius 3 is 2.52 bits per heavy atom. The number of aliphatic imine (C=N–C) groups is 1. The molecule has 0 aliphatic rings. The maximum Gasteiger partial charge on any atom is 0.191 e. The molecule has 0 fully saturated rings. The van der Waals surface area contributed by atoms with E-state index in [-0.39, 0.29) is 29.4 Å². The summed E-state index contributed by atoms with van der Waals surface area (Å²) in [6, 6.07) is 16.4. The van der Waals surface area contributed by atoms with Gasteiger partial charge < -0.3 is 10.6 Å². The second kappa shape index (κ2) is 9.68. The number of nitrogens with zero attached hydrogens (tertiary/aromatic N) is 4. The van der Waals surface area contributed by atoms with E-state index in [1.165, 1.54) is 5.56 Å². The van der Waals surface area contributed by atoms with Gasteiger partial charge in [-0.3, -0.25) is 9.39 Å². The lowest BCUT2D eigenvalue weighted by Crippen LogP contribution is -2.42. The first kappa shape index (κ1) is 21.1. The highest BCUT2D eigenvalue weighted by molar-refractivity contribution is 14.0. The van der Waals surface area contributed by atoms with E-state index in [4.69, 9.17) is 0 Å². The molecule has 0 spiro atoms.